The van der Waals surface area contributed by atoms with E-state index >= 15 is 0 Å². The number of fused-ring (bicyclic) bond motifs is 1. The number of aromatic nitrogens is 3. The molecule has 3 aromatic rings. The average molecular weight is 464 g/mol. The van der Waals surface area contributed by atoms with Crippen molar-refractivity contribution in [2.75, 3.05) is 34.8 Å². The first-order valence-electron chi connectivity index (χ1n) is 10.2. The summed E-state index contributed by atoms with van der Waals surface area (Å²) in [6, 6.07) is 7.41. The molecule has 0 radical (unpaired) electrons. The predicted molar refractivity (Wildman–Crippen MR) is 121 cm³/mol. The number of carbonyl (C=O) groups excluding carboxylic acids is 1. The van der Waals surface area contributed by atoms with Crippen molar-refractivity contribution >= 4 is 34.8 Å². The van der Waals surface area contributed by atoms with E-state index < -0.39 is 23.1 Å². The first-order chi connectivity index (χ1) is 15.0. The number of hydrogen-bond acceptors (Lipinski definition) is 5. The van der Waals surface area contributed by atoms with Crippen LogP contribution in [0.4, 0.5) is 24.7 Å². The van der Waals surface area contributed by atoms with Crippen molar-refractivity contribution < 1.29 is 18.0 Å². The lowest BCUT2D eigenvalue weighted by Crippen LogP contribution is -2.33. The summed E-state index contributed by atoms with van der Waals surface area (Å²) in [7, 11) is 0. The van der Waals surface area contributed by atoms with Gasteiger partial charge in [0.25, 0.3) is 0 Å². The highest BCUT2D eigenvalue weighted by Crippen LogP contribution is 2.37. The number of halogens is 3. The highest BCUT2D eigenvalue weighted by molar-refractivity contribution is 7.99. The molecule has 0 bridgehead atoms. The topological polar surface area (TPSA) is 62.5 Å². The van der Waals surface area contributed by atoms with E-state index in [-0.39, 0.29) is 5.69 Å². The van der Waals surface area contributed by atoms with Crippen LogP contribution in [-0.2, 0) is 11.0 Å². The fourth-order valence-corrected chi connectivity index (χ4v) is 4.24. The minimum atomic E-state index is -4.60. The maximum absolute atomic E-state index is 13.5. The quantitative estimate of drug-likeness (QED) is 0.595. The lowest BCUT2D eigenvalue weighted by atomic mass is 9.95. The van der Waals surface area contributed by atoms with Gasteiger partial charge in [0.1, 0.15) is 5.82 Å². The number of imidazole rings is 1. The van der Waals surface area contributed by atoms with Crippen molar-refractivity contribution in [2.24, 2.45) is 5.41 Å². The number of carbonyl (C=O) groups is 1. The Morgan fingerprint density at radius 2 is 1.81 bits per heavy atom. The van der Waals surface area contributed by atoms with Crippen LogP contribution in [0.3, 0.4) is 0 Å². The molecule has 3 heterocycles. The van der Waals surface area contributed by atoms with Crippen molar-refractivity contribution in [3.63, 3.8) is 0 Å². The summed E-state index contributed by atoms with van der Waals surface area (Å²) >= 11 is 1.91. The fourth-order valence-electron chi connectivity index (χ4n) is 3.34. The van der Waals surface area contributed by atoms with Crippen molar-refractivity contribution in [1.29, 1.82) is 0 Å². The average Bonchev–Trinajstić information content (AvgIpc) is 3.16. The Hall–Kier alpha value is -2.75. The number of hydrogen-bond donors (Lipinski definition) is 1. The van der Waals surface area contributed by atoms with E-state index in [4.69, 9.17) is 0 Å². The van der Waals surface area contributed by atoms with Crippen LogP contribution < -0.4 is 10.2 Å². The van der Waals surface area contributed by atoms with Crippen LogP contribution in [0.1, 0.15) is 26.3 Å². The molecule has 170 valence electrons. The van der Waals surface area contributed by atoms with Gasteiger partial charge in [0.15, 0.2) is 5.65 Å². The largest absolute Gasteiger partial charge is 0.418 e. The zero-order chi connectivity index (χ0) is 23.1. The van der Waals surface area contributed by atoms with Gasteiger partial charge in [0, 0.05) is 35.6 Å². The molecule has 1 fully saturated rings. The third-order valence-corrected chi connectivity index (χ3v) is 6.13. The van der Waals surface area contributed by atoms with Crippen molar-refractivity contribution in [2.45, 2.75) is 26.9 Å². The van der Waals surface area contributed by atoms with Crippen LogP contribution in [-0.4, -0.2) is 45.1 Å². The molecule has 1 amide bonds. The number of nitrogens with zero attached hydrogens (tertiary/aromatic N) is 4. The third-order valence-electron chi connectivity index (χ3n) is 5.19. The molecule has 2 aromatic heterocycles. The Balaban J connectivity index is 1.70. The molecule has 0 saturated carbocycles. The van der Waals surface area contributed by atoms with Gasteiger partial charge in [-0.15, -0.1) is 5.10 Å². The number of amides is 1. The molecule has 0 aliphatic carbocycles. The Kier molecular flexibility index (Phi) is 5.83. The first-order valence-corrected chi connectivity index (χ1v) is 11.4. The van der Waals surface area contributed by atoms with Crippen LogP contribution in [0.2, 0.25) is 0 Å². The predicted octanol–water partition coefficient (Wildman–Crippen LogP) is 4.95. The first kappa shape index (κ1) is 22.4. The highest BCUT2D eigenvalue weighted by Gasteiger charge is 2.35. The van der Waals surface area contributed by atoms with E-state index in [0.29, 0.717) is 16.9 Å². The number of benzene rings is 1. The molecule has 1 saturated heterocycles. The normalized spacial score (nSPS) is 15.2. The van der Waals surface area contributed by atoms with Gasteiger partial charge < -0.3 is 10.2 Å². The number of alkyl halides is 3. The minimum absolute atomic E-state index is 0.286. The van der Waals surface area contributed by atoms with Crippen LogP contribution in [0, 0.1) is 5.41 Å². The molecule has 4 rings (SSSR count). The van der Waals surface area contributed by atoms with Gasteiger partial charge in [-0.05, 0) is 24.3 Å². The standard InChI is InChI=1S/C22H24F3N5OS/c1-21(2,3)20(31)27-16-12-14(4-5-15(16)22(23,24)25)17-13-30-18(26-17)6-7-19(28-30)29-8-10-32-11-9-29/h4-7,12-13H,8-11H2,1-3H3,(H,27,31). The van der Waals surface area contributed by atoms with Crippen LogP contribution in [0.25, 0.3) is 16.9 Å². The summed E-state index contributed by atoms with van der Waals surface area (Å²) < 4.78 is 42.2. The van der Waals surface area contributed by atoms with Gasteiger partial charge in [-0.25, -0.2) is 9.50 Å². The Bertz CT molecular complexity index is 1150. The highest BCUT2D eigenvalue weighted by atomic mass is 32.2. The second-order valence-corrected chi connectivity index (χ2v) is 9.91. The molecular weight excluding hydrogens is 439 g/mol. The Labute approximate surface area is 188 Å². The number of rotatable bonds is 3. The Morgan fingerprint density at radius 3 is 2.47 bits per heavy atom. The van der Waals surface area contributed by atoms with E-state index in [1.807, 2.05) is 23.9 Å². The monoisotopic (exact) mass is 463 g/mol. The summed E-state index contributed by atoms with van der Waals surface area (Å²) in [6.07, 6.45) is -2.91. The maximum Gasteiger partial charge on any atom is 0.418 e. The molecule has 32 heavy (non-hydrogen) atoms. The van der Waals surface area contributed by atoms with E-state index in [2.05, 4.69) is 20.3 Å². The molecule has 1 aliphatic rings. The zero-order valence-electron chi connectivity index (χ0n) is 18.0. The van der Waals surface area contributed by atoms with Crippen molar-refractivity contribution in [3.8, 4) is 11.3 Å². The summed E-state index contributed by atoms with van der Waals surface area (Å²) in [5, 5.41) is 7.06. The molecule has 1 aromatic carbocycles. The van der Waals surface area contributed by atoms with Gasteiger partial charge in [0.05, 0.1) is 23.1 Å². The van der Waals surface area contributed by atoms with Gasteiger partial charge in [-0.3, -0.25) is 4.79 Å². The molecule has 0 unspecified atom stereocenters. The Morgan fingerprint density at radius 1 is 1.09 bits per heavy atom. The van der Waals surface area contributed by atoms with Gasteiger partial charge in [-0.1, -0.05) is 26.8 Å². The van der Waals surface area contributed by atoms with Crippen LogP contribution >= 0.6 is 11.8 Å². The van der Waals surface area contributed by atoms with E-state index in [1.165, 1.54) is 12.1 Å². The summed E-state index contributed by atoms with van der Waals surface area (Å²) in [5.74, 6) is 2.43. The smallest absolute Gasteiger partial charge is 0.354 e. The second kappa shape index (κ2) is 8.31. The van der Waals surface area contributed by atoms with Gasteiger partial charge in [0.2, 0.25) is 5.91 Å². The number of nitrogens with one attached hydrogen (secondary N) is 1. The minimum Gasteiger partial charge on any atom is -0.354 e. The summed E-state index contributed by atoms with van der Waals surface area (Å²) in [5.41, 5.74) is -0.491. The van der Waals surface area contributed by atoms with Crippen LogP contribution in [0.15, 0.2) is 36.5 Å². The van der Waals surface area contributed by atoms with E-state index in [9.17, 15) is 18.0 Å². The van der Waals surface area contributed by atoms with E-state index in [0.717, 1.165) is 36.5 Å². The van der Waals surface area contributed by atoms with Gasteiger partial charge >= 0.3 is 6.18 Å². The molecule has 1 N–H and O–H groups in total. The molecule has 1 aliphatic heterocycles. The van der Waals surface area contributed by atoms with Gasteiger partial charge in [-0.2, -0.15) is 24.9 Å². The van der Waals surface area contributed by atoms with Crippen molar-refractivity contribution in [1.82, 2.24) is 14.6 Å². The zero-order valence-corrected chi connectivity index (χ0v) is 18.8. The molecule has 6 nitrogen and oxygen atoms in total. The molecular formula is C22H24F3N5OS. The fraction of sp³-hybridized carbons (Fsp3) is 0.409. The number of anilines is 2. The SMILES string of the molecule is CC(C)(C)C(=O)Nc1cc(-c2cn3nc(N4CCSCC4)ccc3n2)ccc1C(F)(F)F. The third kappa shape index (κ3) is 4.69. The summed E-state index contributed by atoms with van der Waals surface area (Å²) in [4.78, 5) is 19.1. The molecule has 0 atom stereocenters. The second-order valence-electron chi connectivity index (χ2n) is 8.68. The number of thioether (sulfide) groups is 1. The lowest BCUT2D eigenvalue weighted by Gasteiger charge is -2.27. The molecule has 0 spiro atoms. The van der Waals surface area contributed by atoms with Crippen molar-refractivity contribution in [3.05, 3.63) is 42.1 Å². The van der Waals surface area contributed by atoms with Crippen LogP contribution in [0.5, 0.6) is 0 Å². The van der Waals surface area contributed by atoms with E-state index in [1.54, 1.807) is 31.5 Å². The molecule has 10 heteroatoms. The lowest BCUT2D eigenvalue weighted by molar-refractivity contribution is -0.137. The maximum atomic E-state index is 13.5. The summed E-state index contributed by atoms with van der Waals surface area (Å²) in [6.45, 7) is 6.77.